The van der Waals surface area contributed by atoms with Crippen molar-refractivity contribution in [2.24, 2.45) is 0 Å². The zero-order valence-corrected chi connectivity index (χ0v) is 14.8. The van der Waals surface area contributed by atoms with E-state index in [4.69, 9.17) is 4.74 Å². The summed E-state index contributed by atoms with van der Waals surface area (Å²) < 4.78 is 5.77. The molecule has 4 nitrogen and oxygen atoms in total. The first-order chi connectivity index (χ1) is 11.6. The third-order valence-electron chi connectivity index (χ3n) is 4.81. The van der Waals surface area contributed by atoms with Gasteiger partial charge in [-0.15, -0.1) is 0 Å². The Morgan fingerprint density at radius 2 is 2.17 bits per heavy atom. The van der Waals surface area contributed by atoms with Gasteiger partial charge < -0.3 is 9.64 Å². The number of aromatic nitrogens is 1. The van der Waals surface area contributed by atoms with Crippen molar-refractivity contribution in [1.29, 1.82) is 0 Å². The van der Waals surface area contributed by atoms with Crippen LogP contribution >= 0.6 is 0 Å². The van der Waals surface area contributed by atoms with E-state index < -0.39 is 0 Å². The summed E-state index contributed by atoms with van der Waals surface area (Å²) in [7, 11) is 1.88. The first kappa shape index (κ1) is 16.9. The molecule has 1 saturated heterocycles. The van der Waals surface area contributed by atoms with Crippen LogP contribution in [0.15, 0.2) is 24.3 Å². The quantitative estimate of drug-likeness (QED) is 0.856. The van der Waals surface area contributed by atoms with E-state index in [2.05, 4.69) is 4.98 Å². The number of aryl methyl sites for hydroxylation is 2. The Kier molecular flexibility index (Phi) is 5.14. The predicted octanol–water partition coefficient (Wildman–Crippen LogP) is 3.88. The monoisotopic (exact) mass is 326 g/mol. The molecule has 0 saturated carbocycles. The van der Waals surface area contributed by atoms with E-state index >= 15 is 0 Å². The number of fused-ring (bicyclic) bond motifs is 1. The van der Waals surface area contributed by atoms with Crippen LogP contribution in [0.4, 0.5) is 0 Å². The predicted molar refractivity (Wildman–Crippen MR) is 96.4 cm³/mol. The number of amides is 1. The number of carbonyl (C=O) groups excluding carboxylic acids is 1. The number of hydrogen-bond donors (Lipinski definition) is 0. The van der Waals surface area contributed by atoms with Gasteiger partial charge in [0.25, 0.3) is 5.91 Å². The molecule has 0 N–H and O–H groups in total. The lowest BCUT2D eigenvalue weighted by Gasteiger charge is -2.25. The molecule has 0 radical (unpaired) electrons. The molecule has 1 atom stereocenters. The number of pyridine rings is 1. The van der Waals surface area contributed by atoms with E-state index in [1.54, 1.807) is 0 Å². The Morgan fingerprint density at radius 3 is 2.92 bits per heavy atom. The number of ether oxygens (including phenoxy) is 1. The molecule has 1 fully saturated rings. The molecule has 0 bridgehead atoms. The number of rotatable bonds is 4. The SMILES string of the molecule is Cc1cc(C(=O)N(C)CC[C@H]2CCCCO2)c2cccc(C)c2n1. The maximum absolute atomic E-state index is 13.0. The third kappa shape index (κ3) is 3.59. The van der Waals surface area contributed by atoms with E-state index in [1.807, 2.05) is 50.1 Å². The van der Waals surface area contributed by atoms with Gasteiger partial charge in [-0.25, -0.2) is 0 Å². The van der Waals surface area contributed by atoms with Gasteiger partial charge in [-0.1, -0.05) is 18.2 Å². The van der Waals surface area contributed by atoms with Crippen LogP contribution in [0.2, 0.25) is 0 Å². The number of benzene rings is 1. The van der Waals surface area contributed by atoms with E-state index in [0.717, 1.165) is 60.1 Å². The van der Waals surface area contributed by atoms with Crippen LogP contribution in [0.25, 0.3) is 10.9 Å². The molecule has 3 rings (SSSR count). The summed E-state index contributed by atoms with van der Waals surface area (Å²) in [5.74, 6) is 0.0620. The van der Waals surface area contributed by atoms with Gasteiger partial charge in [0.15, 0.2) is 0 Å². The molecular formula is C20H26N2O2. The lowest BCUT2D eigenvalue weighted by atomic mass is 10.0. The minimum absolute atomic E-state index is 0.0620. The molecule has 24 heavy (non-hydrogen) atoms. The highest BCUT2D eigenvalue weighted by atomic mass is 16.5. The van der Waals surface area contributed by atoms with Gasteiger partial charge in [0.1, 0.15) is 0 Å². The topological polar surface area (TPSA) is 42.4 Å². The molecule has 0 unspecified atom stereocenters. The molecule has 1 amide bonds. The summed E-state index contributed by atoms with van der Waals surface area (Å²) in [6, 6.07) is 7.91. The lowest BCUT2D eigenvalue weighted by Crippen LogP contribution is -2.31. The molecule has 1 aromatic carbocycles. The van der Waals surface area contributed by atoms with E-state index in [0.29, 0.717) is 6.10 Å². The fourth-order valence-corrected chi connectivity index (χ4v) is 3.38. The Labute approximate surface area is 143 Å². The highest BCUT2D eigenvalue weighted by molar-refractivity contribution is 6.06. The van der Waals surface area contributed by atoms with Crippen LogP contribution in [0.5, 0.6) is 0 Å². The zero-order valence-electron chi connectivity index (χ0n) is 14.8. The first-order valence-corrected chi connectivity index (χ1v) is 8.80. The number of nitrogens with zero attached hydrogens (tertiary/aromatic N) is 2. The summed E-state index contributed by atoms with van der Waals surface area (Å²) in [5, 5.41) is 0.936. The molecule has 2 heterocycles. The van der Waals surface area contributed by atoms with Crippen LogP contribution < -0.4 is 0 Å². The van der Waals surface area contributed by atoms with Crippen molar-refractivity contribution in [1.82, 2.24) is 9.88 Å². The second kappa shape index (κ2) is 7.31. The Hall–Kier alpha value is -1.94. The van der Waals surface area contributed by atoms with Gasteiger partial charge in [0.2, 0.25) is 0 Å². The molecule has 128 valence electrons. The highest BCUT2D eigenvalue weighted by Crippen LogP contribution is 2.23. The van der Waals surface area contributed by atoms with Gasteiger partial charge in [0.05, 0.1) is 17.2 Å². The Morgan fingerprint density at radius 1 is 1.33 bits per heavy atom. The highest BCUT2D eigenvalue weighted by Gasteiger charge is 2.19. The maximum Gasteiger partial charge on any atom is 0.254 e. The van der Waals surface area contributed by atoms with Crippen LogP contribution in [0.1, 0.15) is 47.3 Å². The second-order valence-electron chi connectivity index (χ2n) is 6.79. The summed E-state index contributed by atoms with van der Waals surface area (Å²) >= 11 is 0. The second-order valence-corrected chi connectivity index (χ2v) is 6.79. The van der Waals surface area contributed by atoms with Crippen molar-refractivity contribution in [3.05, 3.63) is 41.1 Å². The van der Waals surface area contributed by atoms with Crippen molar-refractivity contribution in [3.8, 4) is 0 Å². The number of para-hydroxylation sites is 1. The van der Waals surface area contributed by atoms with Gasteiger partial charge in [-0.05, 0) is 51.2 Å². The summed E-state index contributed by atoms with van der Waals surface area (Å²) in [6.45, 7) is 5.56. The smallest absolute Gasteiger partial charge is 0.254 e. The summed E-state index contributed by atoms with van der Waals surface area (Å²) in [4.78, 5) is 19.4. The molecule has 1 aliphatic heterocycles. The van der Waals surface area contributed by atoms with Gasteiger partial charge in [-0.2, -0.15) is 0 Å². The van der Waals surface area contributed by atoms with Crippen molar-refractivity contribution >= 4 is 16.8 Å². The molecule has 0 spiro atoms. The fourth-order valence-electron chi connectivity index (χ4n) is 3.38. The molecule has 1 aliphatic rings. The van der Waals surface area contributed by atoms with Crippen LogP contribution in [0, 0.1) is 13.8 Å². The largest absolute Gasteiger partial charge is 0.378 e. The van der Waals surface area contributed by atoms with Crippen molar-refractivity contribution in [3.63, 3.8) is 0 Å². The first-order valence-electron chi connectivity index (χ1n) is 8.80. The van der Waals surface area contributed by atoms with Gasteiger partial charge in [0, 0.05) is 31.3 Å². The van der Waals surface area contributed by atoms with Crippen molar-refractivity contribution < 1.29 is 9.53 Å². The van der Waals surface area contributed by atoms with Crippen molar-refractivity contribution in [2.45, 2.75) is 45.6 Å². The third-order valence-corrected chi connectivity index (χ3v) is 4.81. The summed E-state index contributed by atoms with van der Waals surface area (Å²) in [6.07, 6.45) is 4.71. The lowest BCUT2D eigenvalue weighted by molar-refractivity contribution is 0.00710. The zero-order chi connectivity index (χ0) is 17.1. The molecule has 1 aromatic heterocycles. The van der Waals surface area contributed by atoms with Gasteiger partial charge >= 0.3 is 0 Å². The average molecular weight is 326 g/mol. The molecule has 2 aromatic rings. The van der Waals surface area contributed by atoms with E-state index in [1.165, 1.54) is 6.42 Å². The van der Waals surface area contributed by atoms with Crippen LogP contribution in [-0.2, 0) is 4.74 Å². The standard InChI is InChI=1S/C20H26N2O2/c1-14-7-6-9-17-18(13-15(2)21-19(14)17)20(23)22(3)11-10-16-8-4-5-12-24-16/h6-7,9,13,16H,4-5,8,10-12H2,1-3H3/t16-/m1/s1. The fraction of sp³-hybridized carbons (Fsp3) is 0.500. The van der Waals surface area contributed by atoms with Crippen LogP contribution in [-0.4, -0.2) is 42.1 Å². The normalized spacial score (nSPS) is 17.9. The molecule has 0 aliphatic carbocycles. The van der Waals surface area contributed by atoms with E-state index in [-0.39, 0.29) is 5.91 Å². The Balaban J connectivity index is 1.78. The number of hydrogen-bond acceptors (Lipinski definition) is 3. The summed E-state index contributed by atoms with van der Waals surface area (Å²) in [5.41, 5.74) is 3.64. The molecule has 4 heteroatoms. The number of carbonyl (C=O) groups is 1. The minimum Gasteiger partial charge on any atom is -0.378 e. The average Bonchev–Trinajstić information content (AvgIpc) is 2.60. The van der Waals surface area contributed by atoms with Gasteiger partial charge in [-0.3, -0.25) is 9.78 Å². The van der Waals surface area contributed by atoms with Crippen molar-refractivity contribution in [2.75, 3.05) is 20.2 Å². The molecular weight excluding hydrogens is 300 g/mol. The van der Waals surface area contributed by atoms with E-state index in [9.17, 15) is 4.79 Å². The Bertz CT molecular complexity index is 736. The maximum atomic E-state index is 13.0. The van der Waals surface area contributed by atoms with Crippen LogP contribution in [0.3, 0.4) is 0 Å². The minimum atomic E-state index is 0.0620.